The molecule has 0 aliphatic carbocycles. The van der Waals surface area contributed by atoms with Gasteiger partial charge >= 0.3 is 0 Å². The first-order chi connectivity index (χ1) is 11.4. The fraction of sp³-hybridized carbons (Fsp3) is 0.417. The number of anilines is 1. The second-order valence-corrected chi connectivity index (χ2v) is 5.16. The number of hydrogen-bond acceptors (Lipinski definition) is 10. The highest BCUT2D eigenvalue weighted by atomic mass is 16.6. The van der Waals surface area contributed by atoms with E-state index < -0.39 is 48.3 Å². The Hall–Kier alpha value is -2.67. The molecular weight excluding hydrogens is 324 g/mol. The molecule has 0 aromatic carbocycles. The first-order valence-corrected chi connectivity index (χ1v) is 6.81. The molecule has 0 radical (unpaired) electrons. The molecule has 24 heavy (non-hydrogen) atoms. The van der Waals surface area contributed by atoms with Crippen LogP contribution in [0.2, 0.25) is 0 Å². The molecule has 1 aliphatic rings. The van der Waals surface area contributed by atoms with Gasteiger partial charge in [0.1, 0.15) is 30.2 Å². The summed E-state index contributed by atoms with van der Waals surface area (Å²) in [6.45, 7) is -0.591. The van der Waals surface area contributed by atoms with Gasteiger partial charge in [-0.2, -0.15) is 0 Å². The van der Waals surface area contributed by atoms with Crippen LogP contribution in [0, 0.1) is 0 Å². The number of fused-ring (bicyclic) bond motifs is 1. The number of carbonyl (C=O) groups is 1. The van der Waals surface area contributed by atoms with E-state index in [1.54, 1.807) is 0 Å². The van der Waals surface area contributed by atoms with E-state index in [0.717, 1.165) is 10.9 Å². The van der Waals surface area contributed by atoms with E-state index in [2.05, 4.69) is 15.0 Å². The summed E-state index contributed by atoms with van der Waals surface area (Å²) >= 11 is 0. The Morgan fingerprint density at radius 3 is 2.62 bits per heavy atom. The molecule has 1 amide bonds. The summed E-state index contributed by atoms with van der Waals surface area (Å²) < 4.78 is 6.13. The zero-order valence-corrected chi connectivity index (χ0v) is 12.1. The van der Waals surface area contributed by atoms with Crippen LogP contribution >= 0.6 is 0 Å². The molecule has 7 N–H and O–H groups in total. The number of aromatic nitrogens is 4. The topological polar surface area (TPSA) is 200 Å². The van der Waals surface area contributed by atoms with Gasteiger partial charge in [-0.05, 0) is 0 Å². The van der Waals surface area contributed by atoms with E-state index in [0.29, 0.717) is 0 Å². The molecule has 3 heterocycles. The fourth-order valence-electron chi connectivity index (χ4n) is 2.53. The van der Waals surface area contributed by atoms with Crippen molar-refractivity contribution in [3.05, 3.63) is 22.4 Å². The number of aliphatic hydroxyl groups is 3. The average molecular weight is 338 g/mol. The number of rotatable bonds is 3. The smallest absolute Gasteiger partial charge is 0.286 e. The normalized spacial score (nSPS) is 26.8. The van der Waals surface area contributed by atoms with Crippen molar-refractivity contribution in [3.63, 3.8) is 0 Å². The minimum Gasteiger partial charge on any atom is -0.394 e. The van der Waals surface area contributed by atoms with E-state index in [1.807, 2.05) is 0 Å². The minimum absolute atomic E-state index is 0.0939. The molecule has 12 nitrogen and oxygen atoms in total. The molecule has 2 aromatic rings. The maximum Gasteiger partial charge on any atom is 0.286 e. The molecule has 1 aliphatic heterocycles. The molecular formula is C12H14N6O6. The number of amides is 1. The average Bonchev–Trinajstić information content (AvgIpc) is 2.82. The number of aliphatic hydroxyl groups excluding tert-OH is 3. The zero-order valence-electron chi connectivity index (χ0n) is 12.1. The van der Waals surface area contributed by atoms with Gasteiger partial charge in [-0.3, -0.25) is 14.2 Å². The van der Waals surface area contributed by atoms with Gasteiger partial charge in [0.15, 0.2) is 23.4 Å². The van der Waals surface area contributed by atoms with Crippen molar-refractivity contribution in [1.29, 1.82) is 0 Å². The summed E-state index contributed by atoms with van der Waals surface area (Å²) in [7, 11) is 0. The standard InChI is InChI=1S/C12H14N6O6/c13-8-4-10(16-2-15-8)18(11(23)5(17-4)9(14)22)12-7(21)6(20)3(1-19)24-12/h2-3,6-7,12,19-21H,1H2,(H2,14,22)(H2,13,15,16). The lowest BCUT2D eigenvalue weighted by molar-refractivity contribution is -0.0526. The molecule has 0 saturated carbocycles. The number of nitrogens with two attached hydrogens (primary N) is 2. The number of hydrogen-bond donors (Lipinski definition) is 5. The molecule has 3 rings (SSSR count). The van der Waals surface area contributed by atoms with E-state index in [9.17, 15) is 24.9 Å². The predicted octanol–water partition coefficient (Wildman–Crippen LogP) is -3.52. The summed E-state index contributed by atoms with van der Waals surface area (Å²) in [6, 6.07) is 0. The molecule has 0 spiro atoms. The molecule has 1 saturated heterocycles. The third-order valence-electron chi connectivity index (χ3n) is 3.71. The van der Waals surface area contributed by atoms with Crippen molar-refractivity contribution in [1.82, 2.24) is 19.5 Å². The van der Waals surface area contributed by atoms with E-state index in [-0.39, 0.29) is 17.0 Å². The summed E-state index contributed by atoms with van der Waals surface area (Å²) in [5.41, 5.74) is 8.99. The van der Waals surface area contributed by atoms with Crippen LogP contribution in [-0.4, -0.2) is 65.7 Å². The third kappa shape index (κ3) is 2.28. The van der Waals surface area contributed by atoms with Crippen molar-refractivity contribution >= 4 is 22.9 Å². The molecule has 12 heteroatoms. The van der Waals surface area contributed by atoms with Crippen molar-refractivity contribution in [2.75, 3.05) is 12.3 Å². The highest BCUT2D eigenvalue weighted by Crippen LogP contribution is 2.30. The molecule has 4 unspecified atom stereocenters. The first kappa shape index (κ1) is 16.2. The monoisotopic (exact) mass is 338 g/mol. The van der Waals surface area contributed by atoms with Gasteiger partial charge in [-0.25, -0.2) is 15.0 Å². The van der Waals surface area contributed by atoms with E-state index >= 15 is 0 Å². The highest BCUT2D eigenvalue weighted by Gasteiger charge is 2.45. The van der Waals surface area contributed by atoms with Crippen molar-refractivity contribution in [2.45, 2.75) is 24.5 Å². The van der Waals surface area contributed by atoms with Crippen LogP contribution in [0.15, 0.2) is 11.1 Å². The Balaban J connectivity index is 2.31. The fourth-order valence-corrected chi connectivity index (χ4v) is 2.53. The number of nitrogen functional groups attached to an aromatic ring is 1. The van der Waals surface area contributed by atoms with Gasteiger partial charge in [-0.15, -0.1) is 0 Å². The molecule has 0 bridgehead atoms. The summed E-state index contributed by atoms with van der Waals surface area (Å²) in [6.07, 6.45) is -4.52. The van der Waals surface area contributed by atoms with Crippen LogP contribution in [0.3, 0.4) is 0 Å². The van der Waals surface area contributed by atoms with Crippen molar-refractivity contribution in [2.24, 2.45) is 5.73 Å². The van der Waals surface area contributed by atoms with Crippen LogP contribution < -0.4 is 17.0 Å². The van der Waals surface area contributed by atoms with Gasteiger partial charge in [0, 0.05) is 0 Å². The molecule has 128 valence electrons. The first-order valence-electron chi connectivity index (χ1n) is 6.81. The lowest BCUT2D eigenvalue weighted by atomic mass is 10.1. The number of nitrogens with zero attached hydrogens (tertiary/aromatic N) is 4. The van der Waals surface area contributed by atoms with Gasteiger partial charge in [0.25, 0.3) is 11.5 Å². The number of ether oxygens (including phenoxy) is 1. The minimum atomic E-state index is -1.57. The predicted molar refractivity (Wildman–Crippen MR) is 77.5 cm³/mol. The van der Waals surface area contributed by atoms with Gasteiger partial charge in [0.05, 0.1) is 6.61 Å². The second kappa shape index (κ2) is 5.76. The lowest BCUT2D eigenvalue weighted by Crippen LogP contribution is -2.39. The molecule has 4 atom stereocenters. The lowest BCUT2D eigenvalue weighted by Gasteiger charge is -2.19. The summed E-state index contributed by atoms with van der Waals surface area (Å²) in [5.74, 6) is -1.24. The quantitative estimate of drug-likeness (QED) is 0.373. The Bertz CT molecular complexity index is 869. The van der Waals surface area contributed by atoms with Crippen molar-refractivity contribution in [3.8, 4) is 0 Å². The maximum absolute atomic E-state index is 12.5. The maximum atomic E-state index is 12.5. The van der Waals surface area contributed by atoms with Gasteiger partial charge < -0.3 is 31.5 Å². The largest absolute Gasteiger partial charge is 0.394 e. The number of carbonyl (C=O) groups excluding carboxylic acids is 1. The van der Waals surface area contributed by atoms with Gasteiger partial charge in [0.2, 0.25) is 0 Å². The van der Waals surface area contributed by atoms with Crippen LogP contribution in [-0.2, 0) is 4.74 Å². The van der Waals surface area contributed by atoms with E-state index in [1.165, 1.54) is 0 Å². The zero-order chi connectivity index (χ0) is 17.6. The Morgan fingerprint density at radius 2 is 2.04 bits per heavy atom. The van der Waals surface area contributed by atoms with Crippen LogP contribution in [0.25, 0.3) is 11.2 Å². The SMILES string of the molecule is NC(=O)c1nc2c(N)ncnc2n(C2OC(CO)C(O)C2O)c1=O. The van der Waals surface area contributed by atoms with Crippen LogP contribution in [0.5, 0.6) is 0 Å². The summed E-state index contributed by atoms with van der Waals surface area (Å²) in [5, 5.41) is 29.2. The van der Waals surface area contributed by atoms with Crippen molar-refractivity contribution < 1.29 is 24.9 Å². The molecule has 1 fully saturated rings. The Morgan fingerprint density at radius 1 is 1.33 bits per heavy atom. The van der Waals surface area contributed by atoms with Crippen LogP contribution in [0.4, 0.5) is 5.82 Å². The third-order valence-corrected chi connectivity index (χ3v) is 3.71. The Kier molecular flexibility index (Phi) is 3.88. The summed E-state index contributed by atoms with van der Waals surface area (Å²) in [4.78, 5) is 35.4. The van der Waals surface area contributed by atoms with E-state index in [4.69, 9.17) is 16.2 Å². The van der Waals surface area contributed by atoms with Crippen LogP contribution in [0.1, 0.15) is 16.7 Å². The highest BCUT2D eigenvalue weighted by molar-refractivity contribution is 5.93. The number of primary amides is 1. The van der Waals surface area contributed by atoms with Gasteiger partial charge in [-0.1, -0.05) is 0 Å². The second-order valence-electron chi connectivity index (χ2n) is 5.16. The Labute approximate surface area is 133 Å². The molecule has 2 aromatic heterocycles.